The van der Waals surface area contributed by atoms with Crippen molar-refractivity contribution in [3.63, 3.8) is 0 Å². The summed E-state index contributed by atoms with van der Waals surface area (Å²) in [6.45, 7) is 1.95. The molecule has 1 aliphatic rings. The number of hydrogen-bond acceptors (Lipinski definition) is 6. The fourth-order valence-electron chi connectivity index (χ4n) is 3.16. The number of esters is 1. The number of fused-ring (bicyclic) bond motifs is 2. The third-order valence-electron chi connectivity index (χ3n) is 4.30. The Morgan fingerprint density at radius 1 is 1.26 bits per heavy atom. The van der Waals surface area contributed by atoms with Crippen molar-refractivity contribution in [2.24, 2.45) is 0 Å². The van der Waals surface area contributed by atoms with E-state index in [2.05, 4.69) is 0 Å². The second kappa shape index (κ2) is 6.50. The maximum Gasteiger partial charge on any atom is 0.340 e. The Morgan fingerprint density at radius 3 is 2.85 bits per heavy atom. The Balaban J connectivity index is 2.12. The normalized spacial score (nSPS) is 12.0. The first kappa shape index (κ1) is 16.7. The molecule has 7 heteroatoms. The molecular weight excluding hydrogens is 348 g/mol. The third-order valence-corrected chi connectivity index (χ3v) is 4.30. The van der Waals surface area contributed by atoms with Crippen molar-refractivity contribution in [3.8, 4) is 28.7 Å². The van der Waals surface area contributed by atoms with E-state index in [1.54, 1.807) is 43.3 Å². The highest BCUT2D eigenvalue weighted by atomic mass is 16.7. The molecule has 4 rings (SSSR count). The van der Waals surface area contributed by atoms with Gasteiger partial charge in [0.25, 0.3) is 5.56 Å². The Labute approximate surface area is 153 Å². The van der Waals surface area contributed by atoms with Crippen LogP contribution < -0.4 is 15.0 Å². The van der Waals surface area contributed by atoms with E-state index >= 15 is 0 Å². The second-order valence-electron chi connectivity index (χ2n) is 5.79. The van der Waals surface area contributed by atoms with E-state index in [0.29, 0.717) is 22.6 Å². The van der Waals surface area contributed by atoms with Crippen LogP contribution in [0.1, 0.15) is 22.8 Å². The van der Waals surface area contributed by atoms with Gasteiger partial charge in [-0.25, -0.2) is 4.79 Å². The zero-order chi connectivity index (χ0) is 19.0. The van der Waals surface area contributed by atoms with Crippen LogP contribution >= 0.6 is 0 Å². The molecule has 0 radical (unpaired) electrons. The molecule has 0 saturated carbocycles. The number of ether oxygens (including phenoxy) is 3. The molecule has 7 nitrogen and oxygen atoms in total. The van der Waals surface area contributed by atoms with Gasteiger partial charge >= 0.3 is 5.97 Å². The van der Waals surface area contributed by atoms with Gasteiger partial charge in [-0.15, -0.1) is 0 Å². The molecule has 0 aliphatic carbocycles. The summed E-state index contributed by atoms with van der Waals surface area (Å²) in [5, 5.41) is 9.68. The third kappa shape index (κ3) is 2.59. The van der Waals surface area contributed by atoms with Crippen LogP contribution in [-0.2, 0) is 4.74 Å². The number of pyridine rings is 2. The summed E-state index contributed by atoms with van der Waals surface area (Å²) in [5.74, 6) is 0.442. The van der Waals surface area contributed by atoms with E-state index < -0.39 is 11.5 Å². The van der Waals surface area contributed by atoms with E-state index in [1.165, 1.54) is 10.6 Å². The standard InChI is InChI=1S/C20H14N2O5/c1-2-25-20(24)18-14-5-3-4-8-22(14)19(23)13(10-21)17(18)12-6-7-15-16(9-12)27-11-26-15/h3-9H,2,11H2,1H3. The maximum absolute atomic E-state index is 12.9. The van der Waals surface area contributed by atoms with Gasteiger partial charge in [0.2, 0.25) is 6.79 Å². The van der Waals surface area contributed by atoms with Crippen LogP contribution in [-0.4, -0.2) is 23.8 Å². The topological polar surface area (TPSA) is 90.0 Å². The predicted octanol–water partition coefficient (Wildman–Crippen LogP) is 2.74. The van der Waals surface area contributed by atoms with Crippen molar-refractivity contribution < 1.29 is 19.0 Å². The first-order chi connectivity index (χ1) is 13.2. The molecule has 2 aromatic heterocycles. The Kier molecular flexibility index (Phi) is 4.01. The number of nitrogens with zero attached hydrogens (tertiary/aromatic N) is 2. The molecule has 1 aliphatic heterocycles. The number of rotatable bonds is 3. The van der Waals surface area contributed by atoms with Crippen molar-refractivity contribution in [1.29, 1.82) is 5.26 Å². The van der Waals surface area contributed by atoms with E-state index in [1.807, 2.05) is 6.07 Å². The highest BCUT2D eigenvalue weighted by Crippen LogP contribution is 2.38. The number of nitriles is 1. The molecule has 3 heterocycles. The summed E-state index contributed by atoms with van der Waals surface area (Å²) in [6, 6.07) is 12.0. The number of hydrogen-bond donors (Lipinski definition) is 0. The van der Waals surface area contributed by atoms with Gasteiger partial charge in [-0.3, -0.25) is 9.20 Å². The Bertz CT molecular complexity index is 1170. The van der Waals surface area contributed by atoms with Crippen LogP contribution in [0.5, 0.6) is 11.5 Å². The first-order valence-electron chi connectivity index (χ1n) is 8.30. The average Bonchev–Trinajstić information content (AvgIpc) is 3.15. The van der Waals surface area contributed by atoms with Gasteiger partial charge in [-0.1, -0.05) is 12.1 Å². The van der Waals surface area contributed by atoms with Crippen molar-refractivity contribution in [3.05, 3.63) is 64.1 Å². The fraction of sp³-hybridized carbons (Fsp3) is 0.150. The van der Waals surface area contributed by atoms with Gasteiger partial charge < -0.3 is 14.2 Å². The molecule has 0 atom stereocenters. The van der Waals surface area contributed by atoms with Crippen LogP contribution in [0.2, 0.25) is 0 Å². The lowest BCUT2D eigenvalue weighted by Gasteiger charge is -2.15. The van der Waals surface area contributed by atoms with Crippen molar-refractivity contribution >= 4 is 11.5 Å². The zero-order valence-corrected chi connectivity index (χ0v) is 14.4. The minimum Gasteiger partial charge on any atom is -0.462 e. The summed E-state index contributed by atoms with van der Waals surface area (Å²) >= 11 is 0. The quantitative estimate of drug-likeness (QED) is 0.666. The Hall–Kier alpha value is -3.79. The fourth-order valence-corrected chi connectivity index (χ4v) is 3.16. The van der Waals surface area contributed by atoms with Crippen molar-refractivity contribution in [2.45, 2.75) is 6.92 Å². The predicted molar refractivity (Wildman–Crippen MR) is 95.9 cm³/mol. The molecule has 0 N–H and O–H groups in total. The number of aromatic nitrogens is 1. The molecule has 0 unspecified atom stereocenters. The first-order valence-corrected chi connectivity index (χ1v) is 8.30. The van der Waals surface area contributed by atoms with Gasteiger partial charge in [-0.05, 0) is 36.8 Å². The van der Waals surface area contributed by atoms with Crippen molar-refractivity contribution in [2.75, 3.05) is 13.4 Å². The largest absolute Gasteiger partial charge is 0.462 e. The van der Waals surface area contributed by atoms with Crippen LogP contribution in [0.3, 0.4) is 0 Å². The molecule has 0 amide bonds. The summed E-state index contributed by atoms with van der Waals surface area (Å²) in [7, 11) is 0. The lowest BCUT2D eigenvalue weighted by Crippen LogP contribution is -2.22. The molecule has 0 fully saturated rings. The van der Waals surface area contributed by atoms with Gasteiger partial charge in [0, 0.05) is 11.8 Å². The van der Waals surface area contributed by atoms with Gasteiger partial charge in [0.05, 0.1) is 17.7 Å². The minimum atomic E-state index is -0.606. The molecule has 0 saturated heterocycles. The number of benzene rings is 1. The summed E-state index contributed by atoms with van der Waals surface area (Å²) in [6.07, 6.45) is 1.52. The summed E-state index contributed by atoms with van der Waals surface area (Å²) in [4.78, 5) is 25.6. The van der Waals surface area contributed by atoms with Crippen molar-refractivity contribution in [1.82, 2.24) is 4.40 Å². The van der Waals surface area contributed by atoms with E-state index in [4.69, 9.17) is 14.2 Å². The maximum atomic E-state index is 12.9. The molecule has 1 aromatic carbocycles. The number of carbonyl (C=O) groups is 1. The average molecular weight is 362 g/mol. The monoisotopic (exact) mass is 362 g/mol. The van der Waals surface area contributed by atoms with Crippen LogP contribution in [0.4, 0.5) is 0 Å². The van der Waals surface area contributed by atoms with Crippen LogP contribution in [0.15, 0.2) is 47.4 Å². The van der Waals surface area contributed by atoms with Gasteiger partial charge in [-0.2, -0.15) is 5.26 Å². The molecule has 0 bridgehead atoms. The molecular formula is C20H14N2O5. The van der Waals surface area contributed by atoms with Gasteiger partial charge in [0.15, 0.2) is 11.5 Å². The lowest BCUT2D eigenvalue weighted by atomic mass is 9.94. The lowest BCUT2D eigenvalue weighted by molar-refractivity contribution is 0.0529. The summed E-state index contributed by atoms with van der Waals surface area (Å²) < 4.78 is 17.2. The zero-order valence-electron chi connectivity index (χ0n) is 14.4. The Morgan fingerprint density at radius 2 is 2.07 bits per heavy atom. The highest BCUT2D eigenvalue weighted by Gasteiger charge is 2.26. The van der Waals surface area contributed by atoms with E-state index in [0.717, 1.165) is 0 Å². The SMILES string of the molecule is CCOC(=O)c1c(-c2ccc3c(c2)OCO3)c(C#N)c(=O)n2ccccc12. The molecule has 0 spiro atoms. The minimum absolute atomic E-state index is 0.0923. The molecule has 134 valence electrons. The summed E-state index contributed by atoms with van der Waals surface area (Å²) in [5.41, 5.74) is 0.613. The highest BCUT2D eigenvalue weighted by molar-refractivity contribution is 6.05. The van der Waals surface area contributed by atoms with E-state index in [9.17, 15) is 14.9 Å². The van der Waals surface area contributed by atoms with Gasteiger partial charge in [0.1, 0.15) is 11.6 Å². The second-order valence-corrected chi connectivity index (χ2v) is 5.79. The smallest absolute Gasteiger partial charge is 0.340 e. The molecule has 3 aromatic rings. The van der Waals surface area contributed by atoms with Crippen LogP contribution in [0, 0.1) is 11.3 Å². The molecule has 27 heavy (non-hydrogen) atoms. The number of carbonyl (C=O) groups excluding carboxylic acids is 1. The van der Waals surface area contributed by atoms with E-state index in [-0.39, 0.29) is 30.1 Å². The van der Waals surface area contributed by atoms with Crippen LogP contribution in [0.25, 0.3) is 16.6 Å².